The second-order valence-electron chi connectivity index (χ2n) is 6.42. The number of hydrogen-bond donors (Lipinski definition) is 0. The highest BCUT2D eigenvalue weighted by molar-refractivity contribution is 5.93. The Labute approximate surface area is 161 Å². The number of halogens is 1. The van der Waals surface area contributed by atoms with Crippen molar-refractivity contribution in [2.75, 3.05) is 13.3 Å². The van der Waals surface area contributed by atoms with Crippen LogP contribution in [-0.2, 0) is 6.54 Å². The molecule has 1 amide bonds. The summed E-state index contributed by atoms with van der Waals surface area (Å²) >= 11 is 0. The average Bonchev–Trinajstić information content (AvgIpc) is 3.32. The maximum Gasteiger partial charge on any atom is 0.276 e. The molecule has 0 radical (unpaired) electrons. The van der Waals surface area contributed by atoms with E-state index in [1.54, 1.807) is 24.0 Å². The van der Waals surface area contributed by atoms with Gasteiger partial charge in [0.25, 0.3) is 5.91 Å². The van der Waals surface area contributed by atoms with E-state index in [1.807, 2.05) is 25.1 Å². The number of carbonyl (C=O) groups excluding carboxylic acids is 1. The van der Waals surface area contributed by atoms with Gasteiger partial charge in [0.05, 0.1) is 11.4 Å². The van der Waals surface area contributed by atoms with Crippen molar-refractivity contribution in [2.45, 2.75) is 20.4 Å². The number of rotatable bonds is 5. The molecule has 7 nitrogen and oxygen atoms in total. The topological polar surface area (TPSA) is 69.5 Å². The van der Waals surface area contributed by atoms with Crippen LogP contribution in [0.4, 0.5) is 4.39 Å². The van der Waals surface area contributed by atoms with E-state index < -0.39 is 0 Å². The van der Waals surface area contributed by atoms with Gasteiger partial charge in [-0.25, -0.2) is 9.07 Å². The molecule has 0 N–H and O–H groups in total. The molecule has 0 fully saturated rings. The highest BCUT2D eigenvalue weighted by Crippen LogP contribution is 2.32. The molecule has 2 heterocycles. The van der Waals surface area contributed by atoms with Crippen molar-refractivity contribution in [3.8, 4) is 17.2 Å². The first-order valence-electron chi connectivity index (χ1n) is 8.93. The van der Waals surface area contributed by atoms with E-state index >= 15 is 0 Å². The third-order valence-corrected chi connectivity index (χ3v) is 4.65. The first kappa shape index (κ1) is 18.0. The normalized spacial score (nSPS) is 12.2. The highest BCUT2D eigenvalue weighted by atomic mass is 19.1. The van der Waals surface area contributed by atoms with E-state index in [-0.39, 0.29) is 24.2 Å². The van der Waals surface area contributed by atoms with E-state index in [9.17, 15) is 9.18 Å². The molecule has 2 aromatic carbocycles. The van der Waals surface area contributed by atoms with Gasteiger partial charge in [-0.15, -0.1) is 5.10 Å². The quantitative estimate of drug-likeness (QED) is 0.678. The molecule has 8 heteroatoms. The Morgan fingerprint density at radius 3 is 2.68 bits per heavy atom. The predicted molar refractivity (Wildman–Crippen MR) is 99.0 cm³/mol. The average molecular weight is 382 g/mol. The minimum atomic E-state index is -0.335. The Hall–Kier alpha value is -3.42. The molecule has 1 aliphatic heterocycles. The first-order chi connectivity index (χ1) is 13.6. The second-order valence-corrected chi connectivity index (χ2v) is 6.42. The summed E-state index contributed by atoms with van der Waals surface area (Å²) in [6.07, 6.45) is 0. The lowest BCUT2D eigenvalue weighted by Gasteiger charge is -2.20. The molecule has 0 saturated carbocycles. The molecule has 0 atom stereocenters. The zero-order valence-electron chi connectivity index (χ0n) is 15.6. The van der Waals surface area contributed by atoms with Crippen LogP contribution in [0.15, 0.2) is 42.5 Å². The Kier molecular flexibility index (Phi) is 4.68. The van der Waals surface area contributed by atoms with Crippen LogP contribution in [0, 0.1) is 12.7 Å². The molecular weight excluding hydrogens is 363 g/mol. The van der Waals surface area contributed by atoms with Gasteiger partial charge in [-0.3, -0.25) is 4.79 Å². The lowest BCUT2D eigenvalue weighted by molar-refractivity contribution is 0.0745. The molecule has 1 aromatic heterocycles. The molecule has 28 heavy (non-hydrogen) atoms. The fraction of sp³-hybridized carbons (Fsp3) is 0.250. The molecule has 4 rings (SSSR count). The molecule has 0 unspecified atom stereocenters. The maximum absolute atomic E-state index is 13.2. The van der Waals surface area contributed by atoms with Gasteiger partial charge in [-0.1, -0.05) is 11.3 Å². The minimum Gasteiger partial charge on any atom is -0.454 e. The number of amides is 1. The lowest BCUT2D eigenvalue weighted by atomic mass is 10.1. The van der Waals surface area contributed by atoms with Crippen LogP contribution in [0.25, 0.3) is 5.69 Å². The summed E-state index contributed by atoms with van der Waals surface area (Å²) in [5.41, 5.74) is 2.44. The summed E-state index contributed by atoms with van der Waals surface area (Å²) in [6, 6.07) is 11.5. The van der Waals surface area contributed by atoms with Gasteiger partial charge in [0, 0.05) is 13.1 Å². The van der Waals surface area contributed by atoms with Gasteiger partial charge in [0.2, 0.25) is 6.79 Å². The third-order valence-electron chi connectivity index (χ3n) is 4.65. The van der Waals surface area contributed by atoms with Crippen LogP contribution >= 0.6 is 0 Å². The van der Waals surface area contributed by atoms with Crippen molar-refractivity contribution in [1.29, 1.82) is 0 Å². The fourth-order valence-electron chi connectivity index (χ4n) is 3.09. The zero-order valence-corrected chi connectivity index (χ0v) is 15.6. The Morgan fingerprint density at radius 1 is 1.18 bits per heavy atom. The van der Waals surface area contributed by atoms with Crippen LogP contribution in [0.5, 0.6) is 11.5 Å². The summed E-state index contributed by atoms with van der Waals surface area (Å²) in [5.74, 6) is 0.834. The number of fused-ring (bicyclic) bond motifs is 1. The lowest BCUT2D eigenvalue weighted by Crippen LogP contribution is -2.31. The van der Waals surface area contributed by atoms with Gasteiger partial charge in [0.1, 0.15) is 5.82 Å². The molecule has 0 saturated heterocycles. The van der Waals surface area contributed by atoms with Gasteiger partial charge >= 0.3 is 0 Å². The molecule has 3 aromatic rings. The van der Waals surface area contributed by atoms with E-state index in [2.05, 4.69) is 10.3 Å². The van der Waals surface area contributed by atoms with Gasteiger partial charge < -0.3 is 14.4 Å². The van der Waals surface area contributed by atoms with E-state index in [4.69, 9.17) is 9.47 Å². The van der Waals surface area contributed by atoms with E-state index in [0.717, 1.165) is 5.56 Å². The highest BCUT2D eigenvalue weighted by Gasteiger charge is 2.23. The van der Waals surface area contributed by atoms with Crippen LogP contribution in [0.1, 0.15) is 28.7 Å². The van der Waals surface area contributed by atoms with Gasteiger partial charge in [0.15, 0.2) is 17.2 Å². The van der Waals surface area contributed by atoms with E-state index in [1.165, 1.54) is 16.8 Å². The molecule has 1 aliphatic rings. The first-order valence-corrected chi connectivity index (χ1v) is 8.93. The summed E-state index contributed by atoms with van der Waals surface area (Å²) < 4.78 is 25.4. The second kappa shape index (κ2) is 7.30. The van der Waals surface area contributed by atoms with Crippen molar-refractivity contribution in [2.24, 2.45) is 0 Å². The smallest absolute Gasteiger partial charge is 0.276 e. The van der Waals surface area contributed by atoms with Crippen molar-refractivity contribution >= 4 is 5.91 Å². The molecule has 0 bridgehead atoms. The Balaban J connectivity index is 1.56. The molecular formula is C20H19FN4O3. The summed E-state index contributed by atoms with van der Waals surface area (Å²) in [4.78, 5) is 14.7. The molecule has 0 spiro atoms. The number of aromatic nitrogens is 3. The largest absolute Gasteiger partial charge is 0.454 e. The number of nitrogens with zero attached hydrogens (tertiary/aromatic N) is 4. The zero-order chi connectivity index (χ0) is 19.7. The number of ether oxygens (including phenoxy) is 2. The number of hydrogen-bond acceptors (Lipinski definition) is 5. The van der Waals surface area contributed by atoms with Crippen molar-refractivity contribution in [3.05, 3.63) is 65.2 Å². The molecule has 0 aliphatic carbocycles. The monoisotopic (exact) mass is 382 g/mol. The van der Waals surface area contributed by atoms with Crippen LogP contribution in [-0.4, -0.2) is 39.1 Å². The van der Waals surface area contributed by atoms with Crippen LogP contribution < -0.4 is 9.47 Å². The molecule has 144 valence electrons. The summed E-state index contributed by atoms with van der Waals surface area (Å²) in [6.45, 7) is 4.81. The fourth-order valence-corrected chi connectivity index (χ4v) is 3.09. The van der Waals surface area contributed by atoms with Gasteiger partial charge in [-0.05, 0) is 55.8 Å². The van der Waals surface area contributed by atoms with Crippen molar-refractivity contribution in [3.63, 3.8) is 0 Å². The van der Waals surface area contributed by atoms with Crippen LogP contribution in [0.2, 0.25) is 0 Å². The Morgan fingerprint density at radius 2 is 1.93 bits per heavy atom. The van der Waals surface area contributed by atoms with Crippen molar-refractivity contribution < 1.29 is 18.7 Å². The number of carbonyl (C=O) groups is 1. The van der Waals surface area contributed by atoms with Gasteiger partial charge in [-0.2, -0.15) is 0 Å². The minimum absolute atomic E-state index is 0.209. The Bertz CT molecular complexity index is 1020. The predicted octanol–water partition coefficient (Wildman–Crippen LogP) is 3.11. The third kappa shape index (κ3) is 3.28. The van der Waals surface area contributed by atoms with Crippen LogP contribution in [0.3, 0.4) is 0 Å². The van der Waals surface area contributed by atoms with E-state index in [0.29, 0.717) is 36.0 Å². The maximum atomic E-state index is 13.2. The number of benzene rings is 2. The summed E-state index contributed by atoms with van der Waals surface area (Å²) in [5, 5.41) is 8.13. The standard InChI is InChI=1S/C20H19FN4O3/c1-3-24(11-14-4-9-17-18(10-14)28-12-27-17)20(26)19-13(2)25(23-22-19)16-7-5-15(21)6-8-16/h4-10H,3,11-12H2,1-2H3. The van der Waals surface area contributed by atoms with Crippen molar-refractivity contribution in [1.82, 2.24) is 19.9 Å². The summed E-state index contributed by atoms with van der Waals surface area (Å²) in [7, 11) is 0. The SMILES string of the molecule is CCN(Cc1ccc2c(c1)OCO2)C(=O)c1nnn(-c2ccc(F)cc2)c1C.